The number of rotatable bonds is 4. The van der Waals surface area contributed by atoms with E-state index in [-0.39, 0.29) is 5.91 Å². The van der Waals surface area contributed by atoms with Crippen LogP contribution in [0.15, 0.2) is 48.8 Å². The van der Waals surface area contributed by atoms with Crippen molar-refractivity contribution < 1.29 is 9.53 Å². The highest BCUT2D eigenvalue weighted by Crippen LogP contribution is 2.26. The van der Waals surface area contributed by atoms with Crippen LogP contribution in [0.5, 0.6) is 5.75 Å². The lowest BCUT2D eigenvalue weighted by molar-refractivity contribution is -0.122. The SMILES string of the molecule is C[C@H](Oc1cccc2ccccc12)C(=O)Nc1ncnn1C. The Morgan fingerprint density at radius 2 is 2.00 bits per heavy atom. The van der Waals surface area contributed by atoms with Gasteiger partial charge in [0.1, 0.15) is 12.1 Å². The number of carbonyl (C=O) groups excluding carboxylic acids is 1. The number of carbonyl (C=O) groups is 1. The average Bonchev–Trinajstić information content (AvgIpc) is 2.93. The third kappa shape index (κ3) is 2.76. The Hall–Kier alpha value is -2.89. The van der Waals surface area contributed by atoms with Gasteiger partial charge in [0, 0.05) is 12.4 Å². The molecule has 3 rings (SSSR count). The highest BCUT2D eigenvalue weighted by molar-refractivity contribution is 5.93. The summed E-state index contributed by atoms with van der Waals surface area (Å²) in [6.07, 6.45) is 0.730. The number of benzene rings is 2. The van der Waals surface area contributed by atoms with Gasteiger partial charge in [-0.1, -0.05) is 36.4 Å². The fourth-order valence-corrected chi connectivity index (χ4v) is 2.16. The van der Waals surface area contributed by atoms with E-state index < -0.39 is 6.10 Å². The zero-order valence-electron chi connectivity index (χ0n) is 12.4. The fourth-order valence-electron chi connectivity index (χ4n) is 2.16. The van der Waals surface area contributed by atoms with Gasteiger partial charge in [-0.25, -0.2) is 4.68 Å². The molecule has 0 saturated heterocycles. The van der Waals surface area contributed by atoms with Crippen LogP contribution in [0.2, 0.25) is 0 Å². The van der Waals surface area contributed by atoms with Crippen molar-refractivity contribution in [3.8, 4) is 5.75 Å². The van der Waals surface area contributed by atoms with Crippen LogP contribution < -0.4 is 10.1 Å². The molecule has 0 spiro atoms. The van der Waals surface area contributed by atoms with Crippen molar-refractivity contribution in [1.82, 2.24) is 14.8 Å². The molecular formula is C16H16N4O2. The van der Waals surface area contributed by atoms with E-state index in [1.807, 2.05) is 42.5 Å². The van der Waals surface area contributed by atoms with E-state index in [1.165, 1.54) is 11.0 Å². The molecule has 1 aromatic heterocycles. The van der Waals surface area contributed by atoms with Gasteiger partial charge in [0.05, 0.1) is 0 Å². The van der Waals surface area contributed by atoms with Crippen LogP contribution in [0, 0.1) is 0 Å². The number of aromatic nitrogens is 3. The number of hydrogen-bond donors (Lipinski definition) is 1. The van der Waals surface area contributed by atoms with Crippen LogP contribution in [-0.4, -0.2) is 26.8 Å². The molecule has 6 heteroatoms. The smallest absolute Gasteiger partial charge is 0.267 e. The molecule has 0 aliphatic carbocycles. The third-order valence-electron chi connectivity index (χ3n) is 3.37. The predicted octanol–water partition coefficient (Wildman–Crippen LogP) is 2.37. The van der Waals surface area contributed by atoms with Gasteiger partial charge < -0.3 is 4.74 Å². The number of nitrogens with one attached hydrogen (secondary N) is 1. The Kier molecular flexibility index (Phi) is 3.74. The Morgan fingerprint density at radius 3 is 2.77 bits per heavy atom. The molecule has 1 atom stereocenters. The van der Waals surface area contributed by atoms with E-state index >= 15 is 0 Å². The van der Waals surface area contributed by atoms with Crippen molar-refractivity contribution in [1.29, 1.82) is 0 Å². The van der Waals surface area contributed by atoms with Gasteiger partial charge in [-0.2, -0.15) is 10.1 Å². The van der Waals surface area contributed by atoms with E-state index in [4.69, 9.17) is 4.74 Å². The first-order chi connectivity index (χ1) is 10.6. The number of anilines is 1. The molecule has 0 saturated carbocycles. The lowest BCUT2D eigenvalue weighted by Crippen LogP contribution is -2.31. The van der Waals surface area contributed by atoms with Crippen molar-refractivity contribution in [3.63, 3.8) is 0 Å². The summed E-state index contributed by atoms with van der Waals surface area (Å²) >= 11 is 0. The van der Waals surface area contributed by atoms with Crippen molar-refractivity contribution in [3.05, 3.63) is 48.8 Å². The fraction of sp³-hybridized carbons (Fsp3) is 0.188. The molecule has 1 N–H and O–H groups in total. The quantitative estimate of drug-likeness (QED) is 0.802. The van der Waals surface area contributed by atoms with Crippen molar-refractivity contribution in [2.24, 2.45) is 7.05 Å². The van der Waals surface area contributed by atoms with Crippen LogP contribution in [-0.2, 0) is 11.8 Å². The molecule has 0 unspecified atom stereocenters. The summed E-state index contributed by atoms with van der Waals surface area (Å²) in [6, 6.07) is 13.7. The molecule has 22 heavy (non-hydrogen) atoms. The molecule has 1 amide bonds. The van der Waals surface area contributed by atoms with Gasteiger partial charge in [0.2, 0.25) is 5.95 Å². The number of hydrogen-bond acceptors (Lipinski definition) is 4. The third-order valence-corrected chi connectivity index (χ3v) is 3.37. The second-order valence-corrected chi connectivity index (χ2v) is 4.93. The van der Waals surface area contributed by atoms with E-state index in [9.17, 15) is 4.79 Å². The number of nitrogens with zero attached hydrogens (tertiary/aromatic N) is 3. The molecule has 0 aliphatic rings. The van der Waals surface area contributed by atoms with E-state index in [0.29, 0.717) is 11.7 Å². The number of ether oxygens (including phenoxy) is 1. The zero-order chi connectivity index (χ0) is 15.5. The predicted molar refractivity (Wildman–Crippen MR) is 83.7 cm³/mol. The molecule has 6 nitrogen and oxygen atoms in total. The van der Waals surface area contributed by atoms with Crippen molar-refractivity contribution in [2.75, 3.05) is 5.32 Å². The lowest BCUT2D eigenvalue weighted by Gasteiger charge is -2.15. The summed E-state index contributed by atoms with van der Waals surface area (Å²) in [7, 11) is 1.71. The Bertz CT molecular complexity index is 807. The van der Waals surface area contributed by atoms with Gasteiger partial charge in [-0.15, -0.1) is 0 Å². The molecule has 0 fully saturated rings. The molecule has 112 valence electrons. The maximum absolute atomic E-state index is 12.2. The van der Waals surface area contributed by atoms with Crippen LogP contribution >= 0.6 is 0 Å². The number of fused-ring (bicyclic) bond motifs is 1. The van der Waals surface area contributed by atoms with Gasteiger partial charge in [0.15, 0.2) is 6.10 Å². The van der Waals surface area contributed by atoms with Crippen molar-refractivity contribution >= 4 is 22.6 Å². The van der Waals surface area contributed by atoms with Gasteiger partial charge >= 0.3 is 0 Å². The topological polar surface area (TPSA) is 69.0 Å². The molecule has 2 aromatic carbocycles. The molecule has 0 bridgehead atoms. The minimum atomic E-state index is -0.650. The van der Waals surface area contributed by atoms with E-state index in [0.717, 1.165) is 10.8 Å². The molecular weight excluding hydrogens is 280 g/mol. The Morgan fingerprint density at radius 1 is 1.23 bits per heavy atom. The van der Waals surface area contributed by atoms with Crippen molar-refractivity contribution in [2.45, 2.75) is 13.0 Å². The first-order valence-corrected chi connectivity index (χ1v) is 6.94. The maximum Gasteiger partial charge on any atom is 0.267 e. The normalized spacial score (nSPS) is 12.1. The Balaban J connectivity index is 1.77. The summed E-state index contributed by atoms with van der Waals surface area (Å²) in [5.74, 6) is 0.793. The molecule has 1 heterocycles. The zero-order valence-corrected chi connectivity index (χ0v) is 12.4. The number of aryl methyl sites for hydroxylation is 1. The van der Waals surface area contributed by atoms with Crippen LogP contribution in [0.25, 0.3) is 10.8 Å². The van der Waals surface area contributed by atoms with E-state index in [2.05, 4.69) is 15.4 Å². The van der Waals surface area contributed by atoms with Gasteiger partial charge in [-0.3, -0.25) is 10.1 Å². The monoisotopic (exact) mass is 296 g/mol. The van der Waals surface area contributed by atoms with Crippen LogP contribution in [0.4, 0.5) is 5.95 Å². The molecule has 0 radical (unpaired) electrons. The highest BCUT2D eigenvalue weighted by atomic mass is 16.5. The summed E-state index contributed by atoms with van der Waals surface area (Å²) in [5.41, 5.74) is 0. The minimum absolute atomic E-state index is 0.274. The van der Waals surface area contributed by atoms with E-state index in [1.54, 1.807) is 14.0 Å². The highest BCUT2D eigenvalue weighted by Gasteiger charge is 2.17. The minimum Gasteiger partial charge on any atom is -0.480 e. The maximum atomic E-state index is 12.2. The summed E-state index contributed by atoms with van der Waals surface area (Å²) in [5, 5.41) is 8.63. The lowest BCUT2D eigenvalue weighted by atomic mass is 10.1. The van der Waals surface area contributed by atoms with Crippen LogP contribution in [0.1, 0.15) is 6.92 Å². The largest absolute Gasteiger partial charge is 0.480 e. The Labute approximate surface area is 127 Å². The first-order valence-electron chi connectivity index (χ1n) is 6.94. The van der Waals surface area contributed by atoms with Gasteiger partial charge in [-0.05, 0) is 18.4 Å². The van der Waals surface area contributed by atoms with Crippen LogP contribution in [0.3, 0.4) is 0 Å². The second kappa shape index (κ2) is 5.85. The molecule has 0 aliphatic heterocycles. The first kappa shape index (κ1) is 14.1. The molecule has 3 aromatic rings. The average molecular weight is 296 g/mol. The second-order valence-electron chi connectivity index (χ2n) is 4.93. The standard InChI is InChI=1S/C16H16N4O2/c1-11(15(21)19-16-17-10-18-20(16)2)22-14-9-5-7-12-6-3-4-8-13(12)14/h3-11H,1-2H3,(H,17,18,19,21)/t11-/m0/s1. The summed E-state index contributed by atoms with van der Waals surface area (Å²) < 4.78 is 7.30. The summed E-state index contributed by atoms with van der Waals surface area (Å²) in [6.45, 7) is 1.70. The van der Waals surface area contributed by atoms with Gasteiger partial charge in [0.25, 0.3) is 5.91 Å². The number of amides is 1. The summed E-state index contributed by atoms with van der Waals surface area (Å²) in [4.78, 5) is 16.1.